The van der Waals surface area contributed by atoms with Gasteiger partial charge in [-0.2, -0.15) is 0 Å². The molecule has 2 aromatic carbocycles. The Labute approximate surface area is 221 Å². The van der Waals surface area contributed by atoms with Gasteiger partial charge >= 0.3 is 5.97 Å². The molecular formula is C29H32N2O5S. The quantitative estimate of drug-likeness (QED) is 0.352. The standard InChI is InChI=1S/C29H32N2O5S/c1-18(2)35-25(29(33)34)16-20-13-14-24(36-23-11-7-8-12-23)22(15-20)17-30-27(32)26-19(3)37-28(31-26)21-9-5-4-6-10-21/h5,9-10,13-15,18,23,25H,7-8,11-12,16-17H2,1-3H3,(H,30,32)(H,33,34). The largest absolute Gasteiger partial charge is 0.490 e. The van der Waals surface area contributed by atoms with E-state index in [0.29, 0.717) is 11.4 Å². The summed E-state index contributed by atoms with van der Waals surface area (Å²) in [5.74, 6) is -0.562. The number of hydrogen-bond donors (Lipinski definition) is 2. The van der Waals surface area contributed by atoms with Crippen molar-refractivity contribution in [2.75, 3.05) is 0 Å². The highest BCUT2D eigenvalue weighted by atomic mass is 32.1. The van der Waals surface area contributed by atoms with Gasteiger partial charge in [0.1, 0.15) is 16.5 Å². The topological polar surface area (TPSA) is 97.8 Å². The summed E-state index contributed by atoms with van der Waals surface area (Å²) < 4.78 is 11.9. The van der Waals surface area contributed by atoms with Crippen LogP contribution in [-0.4, -0.2) is 40.3 Å². The fourth-order valence-corrected chi connectivity index (χ4v) is 5.31. The number of benzene rings is 1. The molecule has 0 radical (unpaired) electrons. The molecule has 37 heavy (non-hydrogen) atoms. The van der Waals surface area contributed by atoms with Crippen molar-refractivity contribution in [3.63, 3.8) is 0 Å². The zero-order chi connectivity index (χ0) is 26.4. The summed E-state index contributed by atoms with van der Waals surface area (Å²) in [6.45, 7) is 5.74. The summed E-state index contributed by atoms with van der Waals surface area (Å²) in [7, 11) is 0. The molecule has 3 aromatic rings. The van der Waals surface area contributed by atoms with Crippen molar-refractivity contribution < 1.29 is 24.2 Å². The van der Waals surface area contributed by atoms with Crippen molar-refractivity contribution in [2.24, 2.45) is 0 Å². The first-order valence-electron chi connectivity index (χ1n) is 12.6. The number of carbonyl (C=O) groups is 2. The molecule has 0 spiro atoms. The molecule has 1 amide bonds. The molecule has 8 heteroatoms. The number of nitrogens with zero attached hydrogens (tertiary/aromatic N) is 1. The average molecular weight is 521 g/mol. The third-order valence-corrected chi connectivity index (χ3v) is 7.23. The van der Waals surface area contributed by atoms with Crippen molar-refractivity contribution >= 4 is 23.2 Å². The first-order chi connectivity index (χ1) is 17.8. The van der Waals surface area contributed by atoms with Gasteiger partial charge in [-0.25, -0.2) is 9.78 Å². The first kappa shape index (κ1) is 26.6. The minimum Gasteiger partial charge on any atom is -0.490 e. The number of nitrogens with one attached hydrogen (secondary N) is 1. The van der Waals surface area contributed by atoms with Gasteiger partial charge in [0, 0.05) is 29.0 Å². The highest BCUT2D eigenvalue weighted by molar-refractivity contribution is 7.15. The van der Waals surface area contributed by atoms with E-state index in [1.54, 1.807) is 12.1 Å². The highest BCUT2D eigenvalue weighted by Gasteiger charge is 2.23. The van der Waals surface area contributed by atoms with E-state index in [9.17, 15) is 14.7 Å². The minimum atomic E-state index is -1.00. The number of carboxylic acid groups (broad SMARTS) is 1. The monoisotopic (exact) mass is 520 g/mol. The highest BCUT2D eigenvalue weighted by Crippen LogP contribution is 2.29. The molecule has 1 saturated carbocycles. The van der Waals surface area contributed by atoms with Crippen LogP contribution in [-0.2, 0) is 22.5 Å². The smallest absolute Gasteiger partial charge is 0.333 e. The molecule has 0 saturated heterocycles. The van der Waals surface area contributed by atoms with Crippen LogP contribution in [0.25, 0.3) is 10.6 Å². The Morgan fingerprint density at radius 2 is 2.00 bits per heavy atom. The third-order valence-electron chi connectivity index (χ3n) is 6.21. The summed E-state index contributed by atoms with van der Waals surface area (Å²) in [6.07, 6.45) is 3.52. The Bertz CT molecular complexity index is 1220. The Balaban J connectivity index is 1.52. The molecular weight excluding hydrogens is 488 g/mol. The van der Waals surface area contributed by atoms with Crippen LogP contribution in [0.2, 0.25) is 0 Å². The van der Waals surface area contributed by atoms with E-state index in [1.165, 1.54) is 11.3 Å². The molecule has 1 aliphatic carbocycles. The van der Waals surface area contributed by atoms with Crippen LogP contribution in [0, 0.1) is 19.1 Å². The van der Waals surface area contributed by atoms with Crippen LogP contribution in [0.5, 0.6) is 5.75 Å². The predicted octanol–water partition coefficient (Wildman–Crippen LogP) is 5.39. The van der Waals surface area contributed by atoms with E-state index in [-0.39, 0.29) is 31.1 Å². The number of amides is 1. The molecule has 4 rings (SSSR count). The van der Waals surface area contributed by atoms with E-state index in [4.69, 9.17) is 9.47 Å². The number of hydrogen-bond acceptors (Lipinski definition) is 6. The number of aromatic nitrogens is 1. The first-order valence-corrected chi connectivity index (χ1v) is 13.4. The number of aliphatic carboxylic acids is 1. The van der Waals surface area contributed by atoms with Crippen LogP contribution in [0.1, 0.15) is 66.0 Å². The maximum absolute atomic E-state index is 13.1. The van der Waals surface area contributed by atoms with E-state index in [2.05, 4.69) is 22.4 Å². The van der Waals surface area contributed by atoms with Crippen molar-refractivity contribution in [1.82, 2.24) is 10.3 Å². The Morgan fingerprint density at radius 1 is 1.22 bits per heavy atom. The summed E-state index contributed by atoms with van der Waals surface area (Å²) in [6, 6.07) is 16.9. The van der Waals surface area contributed by atoms with Crippen molar-refractivity contribution in [3.8, 4) is 16.3 Å². The lowest BCUT2D eigenvalue weighted by Crippen LogP contribution is -2.29. The van der Waals surface area contributed by atoms with Crippen LogP contribution < -0.4 is 10.1 Å². The molecule has 7 nitrogen and oxygen atoms in total. The van der Waals surface area contributed by atoms with Gasteiger partial charge in [0.25, 0.3) is 5.91 Å². The summed E-state index contributed by atoms with van der Waals surface area (Å²) in [5.41, 5.74) is 2.88. The molecule has 1 aromatic heterocycles. The molecule has 2 N–H and O–H groups in total. The maximum Gasteiger partial charge on any atom is 0.333 e. The van der Waals surface area contributed by atoms with Gasteiger partial charge in [-0.05, 0) is 76.3 Å². The number of thiazole rings is 1. The van der Waals surface area contributed by atoms with Gasteiger partial charge in [0.15, 0.2) is 6.10 Å². The normalized spacial score (nSPS) is 14.4. The zero-order valence-electron chi connectivity index (χ0n) is 21.4. The molecule has 0 aliphatic heterocycles. The van der Waals surface area contributed by atoms with E-state index in [0.717, 1.165) is 52.3 Å². The molecule has 1 fully saturated rings. The van der Waals surface area contributed by atoms with Gasteiger partial charge in [-0.3, -0.25) is 4.79 Å². The van der Waals surface area contributed by atoms with Crippen LogP contribution in [0.4, 0.5) is 0 Å². The minimum absolute atomic E-state index is 0.152. The van der Waals surface area contributed by atoms with Crippen molar-refractivity contribution in [1.29, 1.82) is 0 Å². The average Bonchev–Trinajstić information content (AvgIpc) is 3.53. The number of carboxylic acids is 1. The molecule has 1 unspecified atom stereocenters. The lowest BCUT2D eigenvalue weighted by Gasteiger charge is -2.20. The van der Waals surface area contributed by atoms with Gasteiger partial charge < -0.3 is 19.9 Å². The summed E-state index contributed by atoms with van der Waals surface area (Å²) in [5, 5.41) is 13.3. The Hall–Kier alpha value is -3.41. The second-order valence-corrected chi connectivity index (χ2v) is 10.7. The third kappa shape index (κ3) is 7.09. The summed E-state index contributed by atoms with van der Waals surface area (Å²) >= 11 is 1.46. The lowest BCUT2D eigenvalue weighted by atomic mass is 10.0. The van der Waals surface area contributed by atoms with Crippen LogP contribution in [0.3, 0.4) is 0 Å². The van der Waals surface area contributed by atoms with E-state index < -0.39 is 12.1 Å². The molecule has 1 atom stereocenters. The number of carbonyl (C=O) groups excluding carboxylic acids is 1. The van der Waals surface area contributed by atoms with Gasteiger partial charge in [0.2, 0.25) is 0 Å². The predicted molar refractivity (Wildman–Crippen MR) is 142 cm³/mol. The Morgan fingerprint density at radius 3 is 2.68 bits per heavy atom. The molecule has 194 valence electrons. The van der Waals surface area contributed by atoms with Gasteiger partial charge in [-0.15, -0.1) is 11.3 Å². The maximum atomic E-state index is 13.1. The second-order valence-electron chi connectivity index (χ2n) is 9.51. The van der Waals surface area contributed by atoms with Gasteiger partial charge in [0.05, 0.1) is 12.2 Å². The van der Waals surface area contributed by atoms with Crippen LogP contribution in [0.15, 0.2) is 36.4 Å². The zero-order valence-corrected chi connectivity index (χ0v) is 22.2. The van der Waals surface area contributed by atoms with Crippen molar-refractivity contribution in [2.45, 2.75) is 77.7 Å². The fourth-order valence-electron chi connectivity index (χ4n) is 4.40. The number of aryl methyl sites for hydroxylation is 1. The molecule has 0 bridgehead atoms. The van der Waals surface area contributed by atoms with E-state index in [1.807, 2.05) is 45.0 Å². The van der Waals surface area contributed by atoms with Gasteiger partial charge in [-0.1, -0.05) is 24.3 Å². The fraction of sp³-hybridized carbons (Fsp3) is 0.414. The Kier molecular flexibility index (Phi) is 8.80. The van der Waals surface area contributed by atoms with Crippen molar-refractivity contribution in [3.05, 3.63) is 70.2 Å². The molecule has 1 aliphatic rings. The summed E-state index contributed by atoms with van der Waals surface area (Å²) in [4.78, 5) is 30.2. The number of rotatable bonds is 11. The van der Waals surface area contributed by atoms with E-state index >= 15 is 0 Å². The lowest BCUT2D eigenvalue weighted by molar-refractivity contribution is -0.153. The van der Waals surface area contributed by atoms with Crippen LogP contribution >= 0.6 is 11.3 Å². The molecule has 1 heterocycles. The second kappa shape index (κ2) is 12.2. The SMILES string of the molecule is Cc1sc(-c2cc#ccc2)nc1C(=O)NCc1cc(CC(OC(C)C)C(=O)O)ccc1OC1CCCC1. The number of ether oxygens (including phenoxy) is 2.